The number of benzene rings is 1. The van der Waals surface area contributed by atoms with E-state index in [1.54, 1.807) is 0 Å². The third-order valence-electron chi connectivity index (χ3n) is 2.65. The molecule has 0 fully saturated rings. The van der Waals surface area contributed by atoms with Crippen LogP contribution in [0.4, 0.5) is 0 Å². The van der Waals surface area contributed by atoms with Crippen LogP contribution in [0.2, 0.25) is 0 Å². The number of hydrogen-bond acceptors (Lipinski definition) is 2. The van der Waals surface area contributed by atoms with Crippen molar-refractivity contribution >= 4 is 5.84 Å². The van der Waals surface area contributed by atoms with Crippen LogP contribution in [0.3, 0.4) is 0 Å². The molecule has 96 valence electrons. The number of nitrogens with two attached hydrogens (primary N) is 1. The van der Waals surface area contributed by atoms with E-state index in [1.165, 1.54) is 0 Å². The average molecular weight is 267 g/mol. The fraction of sp³-hybridized carbons (Fsp3) is 0.167. The Hall–Kier alpha value is -2.01. The third kappa shape index (κ3) is 2.62. The van der Waals surface area contributed by atoms with Gasteiger partial charge in [0.15, 0.2) is 11.5 Å². The van der Waals surface area contributed by atoms with E-state index in [0.29, 0.717) is 5.56 Å². The lowest BCUT2D eigenvalue weighted by atomic mass is 10.1. The maximum atomic E-state index is 8.58. The van der Waals surface area contributed by atoms with Crippen LogP contribution < -0.4 is 22.7 Å². The van der Waals surface area contributed by atoms with Gasteiger partial charge in [-0.25, -0.2) is 9.13 Å². The molecule has 5 nitrogen and oxygen atoms in total. The molecule has 0 bridgehead atoms. The molecule has 1 heterocycles. The highest BCUT2D eigenvalue weighted by Gasteiger charge is 2.10. The maximum absolute atomic E-state index is 8.58. The first-order valence-corrected chi connectivity index (χ1v) is 5.21. The van der Waals surface area contributed by atoms with Crippen LogP contribution in [-0.2, 0) is 14.1 Å². The van der Waals surface area contributed by atoms with Crippen LogP contribution >= 0.6 is 0 Å². The predicted octanol–water partition coefficient (Wildman–Crippen LogP) is -2.38. The average Bonchev–Trinajstić information content (AvgIpc) is 2.68. The quantitative estimate of drug-likeness (QED) is 0.210. The molecule has 2 rings (SSSR count). The fourth-order valence-electron chi connectivity index (χ4n) is 1.80. The minimum absolute atomic E-state index is 0. The summed E-state index contributed by atoms with van der Waals surface area (Å²) in [6, 6.07) is 7.56. The summed E-state index contributed by atoms with van der Waals surface area (Å²) in [5.41, 5.74) is 8.41. The molecule has 0 radical (unpaired) electrons. The number of imidazole rings is 1. The molecule has 0 unspecified atom stereocenters. The number of amidine groups is 1. The molecule has 0 atom stereocenters. The Morgan fingerprint density at radius 2 is 1.94 bits per heavy atom. The second kappa shape index (κ2) is 5.55. The molecule has 1 aromatic carbocycles. The third-order valence-corrected chi connectivity index (χ3v) is 2.65. The van der Waals surface area contributed by atoms with Gasteiger partial charge in [-0.2, -0.15) is 0 Å². The lowest BCUT2D eigenvalue weighted by Gasteiger charge is -2.00. The Balaban J connectivity index is 0.00000162. The van der Waals surface area contributed by atoms with Gasteiger partial charge in [0.2, 0.25) is 6.33 Å². The van der Waals surface area contributed by atoms with Gasteiger partial charge in [0, 0.05) is 11.1 Å². The molecule has 0 saturated heterocycles. The number of nitrogens with zero attached hydrogens (tertiary/aromatic N) is 3. The Morgan fingerprint density at radius 3 is 2.39 bits per heavy atom. The highest BCUT2D eigenvalue weighted by Crippen LogP contribution is 2.17. The van der Waals surface area contributed by atoms with Crippen molar-refractivity contribution in [2.75, 3.05) is 0 Å². The van der Waals surface area contributed by atoms with E-state index in [4.69, 9.17) is 10.9 Å². The summed E-state index contributed by atoms with van der Waals surface area (Å²) < 4.78 is 4.03. The first kappa shape index (κ1) is 14.1. The molecule has 0 aliphatic rings. The first-order chi connectivity index (χ1) is 8.11. The van der Waals surface area contributed by atoms with E-state index in [2.05, 4.69) is 5.16 Å². The van der Waals surface area contributed by atoms with Crippen molar-refractivity contribution < 1.29 is 22.2 Å². The van der Waals surface area contributed by atoms with Crippen molar-refractivity contribution in [2.45, 2.75) is 0 Å². The molecule has 6 heteroatoms. The second-order valence-corrected chi connectivity index (χ2v) is 3.97. The Bertz CT molecular complexity index is 560. The maximum Gasteiger partial charge on any atom is 0.243 e. The topological polar surface area (TPSA) is 67.4 Å². The zero-order chi connectivity index (χ0) is 12.4. The molecule has 0 saturated carbocycles. The number of halogens is 1. The second-order valence-electron chi connectivity index (χ2n) is 3.97. The Kier molecular flexibility index (Phi) is 4.33. The molecule has 0 spiro atoms. The van der Waals surface area contributed by atoms with Gasteiger partial charge in [-0.05, 0) is 12.1 Å². The molecule has 18 heavy (non-hydrogen) atoms. The van der Waals surface area contributed by atoms with Crippen molar-refractivity contribution in [1.29, 1.82) is 0 Å². The van der Waals surface area contributed by atoms with E-state index in [0.717, 1.165) is 11.3 Å². The normalized spacial score (nSPS) is 11.1. The van der Waals surface area contributed by atoms with Crippen LogP contribution in [0.5, 0.6) is 0 Å². The van der Waals surface area contributed by atoms with Crippen molar-refractivity contribution in [3.63, 3.8) is 0 Å². The van der Waals surface area contributed by atoms with Crippen LogP contribution in [0.15, 0.2) is 41.9 Å². The lowest BCUT2D eigenvalue weighted by Crippen LogP contribution is -3.00. The summed E-state index contributed by atoms with van der Waals surface area (Å²) in [7, 11) is 3.97. The number of aryl methyl sites for hydroxylation is 2. The van der Waals surface area contributed by atoms with E-state index in [1.807, 2.05) is 60.0 Å². The van der Waals surface area contributed by atoms with Crippen molar-refractivity contribution in [2.24, 2.45) is 25.0 Å². The van der Waals surface area contributed by atoms with Gasteiger partial charge in [0.25, 0.3) is 0 Å². The number of aromatic nitrogens is 2. The SMILES string of the molecule is Cn1c[n+](C)cc1-c1ccc(/C(N)=N/O)cc1.[Cl-]. The number of hydrogen-bond donors (Lipinski definition) is 2. The van der Waals surface area contributed by atoms with Crippen LogP contribution in [0.25, 0.3) is 11.3 Å². The van der Waals surface area contributed by atoms with Gasteiger partial charge in [-0.3, -0.25) is 0 Å². The first-order valence-electron chi connectivity index (χ1n) is 5.21. The smallest absolute Gasteiger partial charge is 0.243 e. The summed E-state index contributed by atoms with van der Waals surface area (Å²) in [4.78, 5) is 0. The zero-order valence-electron chi connectivity index (χ0n) is 10.2. The van der Waals surface area contributed by atoms with E-state index < -0.39 is 0 Å². The van der Waals surface area contributed by atoms with Crippen molar-refractivity contribution in [3.05, 3.63) is 42.4 Å². The van der Waals surface area contributed by atoms with Crippen LogP contribution in [-0.4, -0.2) is 15.6 Å². The standard InChI is InChI=1S/C12H14N4O.ClH/c1-15-7-11(16(2)8-15)9-3-5-10(6-4-9)12(13)14-17;/h3-8H,1-2H3,(H2-,13,14,17);1H. The highest BCUT2D eigenvalue weighted by atomic mass is 35.5. The molecule has 2 aromatic rings. The predicted molar refractivity (Wildman–Crippen MR) is 64.5 cm³/mol. The van der Waals surface area contributed by atoms with Gasteiger partial charge in [-0.15, -0.1) is 0 Å². The van der Waals surface area contributed by atoms with E-state index >= 15 is 0 Å². The largest absolute Gasteiger partial charge is 1.00 e. The van der Waals surface area contributed by atoms with Crippen molar-refractivity contribution in [1.82, 2.24) is 4.57 Å². The lowest BCUT2D eigenvalue weighted by molar-refractivity contribution is -0.670. The fourth-order valence-corrected chi connectivity index (χ4v) is 1.80. The van der Waals surface area contributed by atoms with Crippen LogP contribution in [0, 0.1) is 0 Å². The van der Waals surface area contributed by atoms with E-state index in [9.17, 15) is 0 Å². The van der Waals surface area contributed by atoms with Gasteiger partial charge in [0.05, 0.1) is 14.1 Å². The summed E-state index contributed by atoms with van der Waals surface area (Å²) in [5, 5.41) is 11.5. The van der Waals surface area contributed by atoms with E-state index in [-0.39, 0.29) is 18.2 Å². The van der Waals surface area contributed by atoms with Crippen LogP contribution in [0.1, 0.15) is 5.56 Å². The minimum Gasteiger partial charge on any atom is -1.00 e. The number of rotatable bonds is 2. The molecule has 0 aliphatic carbocycles. The molecule has 0 amide bonds. The molecule has 3 N–H and O–H groups in total. The molecule has 1 aromatic heterocycles. The zero-order valence-corrected chi connectivity index (χ0v) is 11.0. The molecular weight excluding hydrogens is 252 g/mol. The Labute approximate surface area is 112 Å². The molecular formula is C12H15ClN4O. The van der Waals surface area contributed by atoms with Gasteiger partial charge in [0.1, 0.15) is 6.20 Å². The highest BCUT2D eigenvalue weighted by molar-refractivity contribution is 5.97. The van der Waals surface area contributed by atoms with Gasteiger partial charge < -0.3 is 23.3 Å². The minimum atomic E-state index is 0. The molecule has 0 aliphatic heterocycles. The monoisotopic (exact) mass is 266 g/mol. The van der Waals surface area contributed by atoms with Gasteiger partial charge in [-0.1, -0.05) is 17.3 Å². The summed E-state index contributed by atoms with van der Waals surface area (Å²) in [5.74, 6) is 0.119. The summed E-state index contributed by atoms with van der Waals surface area (Å²) in [6.45, 7) is 0. The number of oxime groups is 1. The van der Waals surface area contributed by atoms with Gasteiger partial charge >= 0.3 is 0 Å². The summed E-state index contributed by atoms with van der Waals surface area (Å²) in [6.07, 6.45) is 4.03. The van der Waals surface area contributed by atoms with Crippen molar-refractivity contribution in [3.8, 4) is 11.3 Å². The summed E-state index contributed by atoms with van der Waals surface area (Å²) >= 11 is 0. The Morgan fingerprint density at radius 1 is 1.33 bits per heavy atom.